The summed E-state index contributed by atoms with van der Waals surface area (Å²) in [6, 6.07) is 16.0. The van der Waals surface area contributed by atoms with Gasteiger partial charge in [-0.05, 0) is 79.3 Å². The third kappa shape index (κ3) is 8.42. The number of aliphatic hydroxyl groups excluding tert-OH is 1. The lowest BCUT2D eigenvalue weighted by Gasteiger charge is -2.25. The Morgan fingerprint density at radius 3 is 2.46 bits per heavy atom. The van der Waals surface area contributed by atoms with Crippen LogP contribution in [-0.2, 0) is 29.2 Å². The Hall–Kier alpha value is -3.18. The van der Waals surface area contributed by atoms with Gasteiger partial charge in [-0.15, -0.1) is 0 Å². The van der Waals surface area contributed by atoms with E-state index >= 15 is 0 Å². The van der Waals surface area contributed by atoms with Gasteiger partial charge < -0.3 is 21.1 Å². The SMILES string of the molecule is CCc1cccc(CNC[C@@H](O)[C@H](Cc2cc(F)cc(F)c2)NC(=O)c2cccc(S(=O)(=O)C3CCCNC3)c2)c1. The zero-order valence-corrected chi connectivity index (χ0v) is 23.9. The van der Waals surface area contributed by atoms with E-state index in [2.05, 4.69) is 28.9 Å². The summed E-state index contributed by atoms with van der Waals surface area (Å²) in [4.78, 5) is 13.4. The Balaban J connectivity index is 1.50. The van der Waals surface area contributed by atoms with Crippen LogP contribution in [0, 0.1) is 11.6 Å². The largest absolute Gasteiger partial charge is 0.390 e. The topological polar surface area (TPSA) is 108 Å². The summed E-state index contributed by atoms with van der Waals surface area (Å²) in [5.74, 6) is -2.12. The molecule has 1 heterocycles. The molecule has 0 spiro atoms. The fourth-order valence-electron chi connectivity index (χ4n) is 5.08. The van der Waals surface area contributed by atoms with Crippen LogP contribution < -0.4 is 16.0 Å². The Morgan fingerprint density at radius 1 is 1.02 bits per heavy atom. The van der Waals surface area contributed by atoms with Gasteiger partial charge in [0.15, 0.2) is 9.84 Å². The summed E-state index contributed by atoms with van der Waals surface area (Å²) < 4.78 is 54.2. The second kappa shape index (κ2) is 14.1. The van der Waals surface area contributed by atoms with Gasteiger partial charge in [-0.1, -0.05) is 37.3 Å². The lowest BCUT2D eigenvalue weighted by Crippen LogP contribution is -2.48. The van der Waals surface area contributed by atoms with Gasteiger partial charge in [0.25, 0.3) is 5.91 Å². The monoisotopic (exact) mass is 585 g/mol. The molecule has 1 amide bonds. The number of sulfone groups is 1. The number of amides is 1. The highest BCUT2D eigenvalue weighted by molar-refractivity contribution is 7.92. The standard InChI is InChI=1S/C31H37F2N3O4S/c1-2-21-6-3-7-22(12-21)18-35-20-30(37)29(15-23-13-25(32)17-26(33)14-23)36-31(38)24-8-4-9-27(16-24)41(39,40)28-10-5-11-34-19-28/h3-4,6-9,12-14,16-17,28-30,34-35,37H,2,5,10-11,15,18-20H2,1H3,(H,36,38)/t28?,29-,30+/m0/s1. The Labute approximate surface area is 240 Å². The Morgan fingerprint density at radius 2 is 1.76 bits per heavy atom. The zero-order chi connectivity index (χ0) is 29.4. The zero-order valence-electron chi connectivity index (χ0n) is 23.1. The van der Waals surface area contributed by atoms with Gasteiger partial charge in [-0.25, -0.2) is 17.2 Å². The lowest BCUT2D eigenvalue weighted by molar-refractivity contribution is 0.0829. The molecule has 1 unspecified atom stereocenters. The third-order valence-corrected chi connectivity index (χ3v) is 9.55. The van der Waals surface area contributed by atoms with Gasteiger partial charge in [0.1, 0.15) is 11.6 Å². The third-order valence-electron chi connectivity index (χ3n) is 7.36. The quantitative estimate of drug-likeness (QED) is 0.259. The number of rotatable bonds is 12. The summed E-state index contributed by atoms with van der Waals surface area (Å²) in [5, 5.41) is 19.6. The number of aliphatic hydroxyl groups is 1. The fourth-order valence-corrected chi connectivity index (χ4v) is 6.83. The molecule has 3 aromatic rings. The van der Waals surface area contributed by atoms with E-state index < -0.39 is 44.8 Å². The van der Waals surface area contributed by atoms with Gasteiger partial charge in [0.05, 0.1) is 22.3 Å². The number of hydrogen-bond donors (Lipinski definition) is 4. The van der Waals surface area contributed by atoms with Crippen LogP contribution in [0.1, 0.15) is 46.8 Å². The maximum absolute atomic E-state index is 13.9. The summed E-state index contributed by atoms with van der Waals surface area (Å²) in [5.41, 5.74) is 2.60. The molecule has 0 aliphatic carbocycles. The predicted octanol–water partition coefficient (Wildman–Crippen LogP) is 3.54. The van der Waals surface area contributed by atoms with Gasteiger partial charge in [-0.2, -0.15) is 0 Å². The molecule has 3 aromatic carbocycles. The van der Waals surface area contributed by atoms with Crippen LogP contribution in [0.25, 0.3) is 0 Å². The number of nitrogens with one attached hydrogen (secondary N) is 3. The Kier molecular flexibility index (Phi) is 10.6. The minimum absolute atomic E-state index is 0.0413. The molecule has 1 saturated heterocycles. The summed E-state index contributed by atoms with van der Waals surface area (Å²) in [6.07, 6.45) is 1.04. The number of carbonyl (C=O) groups excluding carboxylic acids is 1. The summed E-state index contributed by atoms with van der Waals surface area (Å²) in [6.45, 7) is 3.77. The lowest BCUT2D eigenvalue weighted by atomic mass is 10.00. The van der Waals surface area contributed by atoms with E-state index in [1.807, 2.05) is 18.2 Å². The number of carbonyl (C=O) groups is 1. The van der Waals surface area contributed by atoms with Crippen LogP contribution in [0.3, 0.4) is 0 Å². The number of halogens is 2. The van der Waals surface area contributed by atoms with Crippen molar-refractivity contribution in [1.29, 1.82) is 0 Å². The van der Waals surface area contributed by atoms with E-state index in [1.165, 1.54) is 29.8 Å². The normalized spacial score (nSPS) is 17.1. The molecule has 0 radical (unpaired) electrons. The van der Waals surface area contributed by atoms with Crippen molar-refractivity contribution < 1.29 is 27.1 Å². The van der Waals surface area contributed by atoms with Crippen molar-refractivity contribution in [2.24, 2.45) is 0 Å². The number of aryl methyl sites for hydroxylation is 1. The van der Waals surface area contributed by atoms with Crippen LogP contribution in [0.4, 0.5) is 8.78 Å². The highest BCUT2D eigenvalue weighted by Crippen LogP contribution is 2.22. The van der Waals surface area contributed by atoms with Gasteiger partial charge >= 0.3 is 0 Å². The molecule has 1 aliphatic heterocycles. The highest BCUT2D eigenvalue weighted by Gasteiger charge is 2.30. The van der Waals surface area contributed by atoms with Crippen molar-refractivity contribution >= 4 is 15.7 Å². The van der Waals surface area contributed by atoms with Crippen molar-refractivity contribution in [3.8, 4) is 0 Å². The summed E-state index contributed by atoms with van der Waals surface area (Å²) in [7, 11) is -3.65. The number of piperidine rings is 1. The first-order valence-electron chi connectivity index (χ1n) is 13.9. The molecular formula is C31H37F2N3O4S. The van der Waals surface area contributed by atoms with Crippen LogP contribution in [0.5, 0.6) is 0 Å². The van der Waals surface area contributed by atoms with Crippen molar-refractivity contribution in [3.63, 3.8) is 0 Å². The minimum Gasteiger partial charge on any atom is -0.390 e. The van der Waals surface area contributed by atoms with Crippen molar-refractivity contribution in [1.82, 2.24) is 16.0 Å². The number of benzene rings is 3. The molecular weight excluding hydrogens is 548 g/mol. The van der Waals surface area contributed by atoms with E-state index in [-0.39, 0.29) is 29.0 Å². The average molecular weight is 586 g/mol. The van der Waals surface area contributed by atoms with Gasteiger partial charge in [0.2, 0.25) is 0 Å². The molecule has 0 saturated carbocycles. The minimum atomic E-state index is -3.65. The Bertz CT molecular complexity index is 1420. The molecule has 220 valence electrons. The van der Waals surface area contributed by atoms with E-state index in [4.69, 9.17) is 0 Å². The van der Waals surface area contributed by atoms with Crippen LogP contribution in [0.15, 0.2) is 71.6 Å². The predicted molar refractivity (Wildman–Crippen MR) is 154 cm³/mol. The van der Waals surface area contributed by atoms with Gasteiger partial charge in [0, 0.05) is 31.3 Å². The molecule has 41 heavy (non-hydrogen) atoms. The molecule has 0 bridgehead atoms. The van der Waals surface area contributed by atoms with Crippen molar-refractivity contribution in [2.75, 3.05) is 19.6 Å². The second-order valence-electron chi connectivity index (χ2n) is 10.5. The molecule has 7 nitrogen and oxygen atoms in total. The first-order chi connectivity index (χ1) is 19.7. The number of hydrogen-bond acceptors (Lipinski definition) is 6. The fraction of sp³-hybridized carbons (Fsp3) is 0.387. The van der Waals surface area contributed by atoms with Crippen LogP contribution in [0.2, 0.25) is 0 Å². The van der Waals surface area contributed by atoms with Crippen molar-refractivity contribution in [2.45, 2.75) is 61.4 Å². The average Bonchev–Trinajstić information content (AvgIpc) is 2.97. The van der Waals surface area contributed by atoms with E-state index in [0.29, 0.717) is 19.5 Å². The molecule has 3 atom stereocenters. The van der Waals surface area contributed by atoms with E-state index in [0.717, 1.165) is 43.1 Å². The molecule has 4 rings (SSSR count). The first-order valence-corrected chi connectivity index (χ1v) is 15.5. The molecule has 1 fully saturated rings. The van der Waals surface area contributed by atoms with E-state index in [1.54, 1.807) is 0 Å². The molecule has 10 heteroatoms. The van der Waals surface area contributed by atoms with Crippen LogP contribution >= 0.6 is 0 Å². The maximum atomic E-state index is 13.9. The van der Waals surface area contributed by atoms with E-state index in [9.17, 15) is 27.1 Å². The molecule has 1 aliphatic rings. The molecule has 4 N–H and O–H groups in total. The van der Waals surface area contributed by atoms with Crippen LogP contribution in [-0.4, -0.2) is 56.5 Å². The maximum Gasteiger partial charge on any atom is 0.251 e. The van der Waals surface area contributed by atoms with Crippen molar-refractivity contribution in [3.05, 3.63) is 101 Å². The first kappa shape index (κ1) is 30.8. The van der Waals surface area contributed by atoms with Gasteiger partial charge in [-0.3, -0.25) is 4.79 Å². The molecule has 0 aromatic heterocycles. The second-order valence-corrected chi connectivity index (χ2v) is 12.7. The highest BCUT2D eigenvalue weighted by atomic mass is 32.2. The summed E-state index contributed by atoms with van der Waals surface area (Å²) >= 11 is 0. The smallest absolute Gasteiger partial charge is 0.251 e.